The number of ether oxygens (including phenoxy) is 1. The van der Waals surface area contributed by atoms with Gasteiger partial charge in [-0.3, -0.25) is 4.79 Å². The fourth-order valence-electron chi connectivity index (χ4n) is 2.56. The Hall–Kier alpha value is -0.920. The number of rotatable bonds is 4. The van der Waals surface area contributed by atoms with Crippen LogP contribution in [0.4, 0.5) is 5.69 Å². The molecule has 2 N–H and O–H groups in total. The Kier molecular flexibility index (Phi) is 5.17. The van der Waals surface area contributed by atoms with Gasteiger partial charge in [-0.2, -0.15) is 5.10 Å². The van der Waals surface area contributed by atoms with E-state index in [1.807, 2.05) is 0 Å². The van der Waals surface area contributed by atoms with E-state index in [2.05, 4.69) is 32.9 Å². The summed E-state index contributed by atoms with van der Waals surface area (Å²) in [6.07, 6.45) is 3.61. The number of piperidine rings is 1. The molecule has 2 atom stereocenters. The van der Waals surface area contributed by atoms with Crippen LogP contribution >= 0.6 is 15.9 Å². The first-order valence-electron chi connectivity index (χ1n) is 6.81. The summed E-state index contributed by atoms with van der Waals surface area (Å²) in [7, 11) is 1.60. The number of aromatic nitrogens is 2. The van der Waals surface area contributed by atoms with E-state index in [4.69, 9.17) is 10.5 Å². The summed E-state index contributed by atoms with van der Waals surface area (Å²) in [4.78, 5) is 14.5. The quantitative estimate of drug-likeness (QED) is 0.880. The van der Waals surface area contributed by atoms with Crippen molar-refractivity contribution in [3.8, 4) is 0 Å². The predicted octanol–water partition coefficient (Wildman–Crippen LogP) is 0.968. The number of hydrogen-bond acceptors (Lipinski definition) is 5. The van der Waals surface area contributed by atoms with Gasteiger partial charge in [-0.05, 0) is 35.7 Å². The minimum atomic E-state index is -0.123. The van der Waals surface area contributed by atoms with Crippen molar-refractivity contribution in [2.45, 2.75) is 38.4 Å². The van der Waals surface area contributed by atoms with Crippen molar-refractivity contribution in [3.05, 3.63) is 21.0 Å². The molecule has 20 heavy (non-hydrogen) atoms. The van der Waals surface area contributed by atoms with Crippen molar-refractivity contribution in [2.75, 3.05) is 25.2 Å². The van der Waals surface area contributed by atoms with Gasteiger partial charge in [0.15, 0.2) is 0 Å². The molecule has 0 aliphatic carbocycles. The smallest absolute Gasteiger partial charge is 0.283 e. The monoisotopic (exact) mass is 344 g/mol. The lowest BCUT2D eigenvalue weighted by Gasteiger charge is -2.38. The summed E-state index contributed by atoms with van der Waals surface area (Å²) in [6.45, 7) is 3.90. The highest BCUT2D eigenvalue weighted by Gasteiger charge is 2.26. The Bertz CT molecular complexity index is 520. The van der Waals surface area contributed by atoms with Gasteiger partial charge < -0.3 is 15.4 Å². The molecule has 0 radical (unpaired) electrons. The molecule has 2 rings (SSSR count). The van der Waals surface area contributed by atoms with Gasteiger partial charge in [-0.1, -0.05) is 0 Å². The van der Waals surface area contributed by atoms with Gasteiger partial charge in [0.25, 0.3) is 5.56 Å². The molecule has 1 fully saturated rings. The van der Waals surface area contributed by atoms with E-state index in [9.17, 15) is 4.79 Å². The summed E-state index contributed by atoms with van der Waals surface area (Å²) in [6, 6.07) is 0.557. The van der Waals surface area contributed by atoms with Crippen LogP contribution in [0.3, 0.4) is 0 Å². The summed E-state index contributed by atoms with van der Waals surface area (Å²) in [5.41, 5.74) is 6.71. The Balaban J connectivity index is 2.25. The second-order valence-corrected chi connectivity index (χ2v) is 5.98. The third-order valence-corrected chi connectivity index (χ3v) is 4.45. The maximum Gasteiger partial charge on any atom is 0.283 e. The first-order chi connectivity index (χ1) is 9.54. The lowest BCUT2D eigenvalue weighted by Crippen LogP contribution is -2.46. The number of hydrogen-bond donors (Lipinski definition) is 1. The molecule has 112 valence electrons. The number of nitrogens with two attached hydrogens (primary N) is 1. The maximum absolute atomic E-state index is 12.3. The van der Waals surface area contributed by atoms with Crippen molar-refractivity contribution >= 4 is 21.6 Å². The molecule has 0 amide bonds. The van der Waals surface area contributed by atoms with E-state index in [0.717, 1.165) is 25.1 Å². The van der Waals surface area contributed by atoms with Crippen molar-refractivity contribution in [1.82, 2.24) is 9.78 Å². The van der Waals surface area contributed by atoms with Crippen LogP contribution < -0.4 is 16.2 Å². The van der Waals surface area contributed by atoms with Crippen molar-refractivity contribution in [2.24, 2.45) is 5.73 Å². The minimum Gasteiger partial charge on any atom is -0.383 e. The highest BCUT2D eigenvalue weighted by Crippen LogP contribution is 2.28. The van der Waals surface area contributed by atoms with E-state index in [-0.39, 0.29) is 11.6 Å². The summed E-state index contributed by atoms with van der Waals surface area (Å²) < 4.78 is 6.95. The first-order valence-corrected chi connectivity index (χ1v) is 7.60. The highest BCUT2D eigenvalue weighted by molar-refractivity contribution is 9.10. The van der Waals surface area contributed by atoms with Crippen LogP contribution in [0.2, 0.25) is 0 Å². The molecule has 1 aliphatic heterocycles. The maximum atomic E-state index is 12.3. The van der Waals surface area contributed by atoms with Crippen LogP contribution in [0.25, 0.3) is 0 Å². The molecule has 1 aromatic heterocycles. The molecule has 1 aliphatic rings. The fourth-order valence-corrected chi connectivity index (χ4v) is 3.09. The average Bonchev–Trinajstić information content (AvgIpc) is 2.41. The minimum absolute atomic E-state index is 0.123. The number of halogens is 1. The molecule has 0 saturated carbocycles. The topological polar surface area (TPSA) is 73.4 Å². The summed E-state index contributed by atoms with van der Waals surface area (Å²) >= 11 is 3.41. The fraction of sp³-hybridized carbons (Fsp3) is 0.692. The van der Waals surface area contributed by atoms with E-state index >= 15 is 0 Å². The molecule has 0 aromatic carbocycles. The number of anilines is 1. The van der Waals surface area contributed by atoms with Gasteiger partial charge in [0.1, 0.15) is 4.47 Å². The van der Waals surface area contributed by atoms with E-state index in [1.165, 1.54) is 4.68 Å². The lowest BCUT2D eigenvalue weighted by molar-refractivity contribution is 0.181. The first kappa shape index (κ1) is 15.5. The molecular weight excluding hydrogens is 324 g/mol. The second kappa shape index (κ2) is 6.69. The zero-order valence-corrected chi connectivity index (χ0v) is 13.5. The van der Waals surface area contributed by atoms with Crippen LogP contribution in [0.5, 0.6) is 0 Å². The van der Waals surface area contributed by atoms with Gasteiger partial charge in [0.2, 0.25) is 0 Å². The normalized spacial score (nSPS) is 23.1. The Morgan fingerprint density at radius 3 is 3.00 bits per heavy atom. The Morgan fingerprint density at radius 2 is 2.35 bits per heavy atom. The molecule has 0 bridgehead atoms. The van der Waals surface area contributed by atoms with Gasteiger partial charge in [-0.15, -0.1) is 0 Å². The Morgan fingerprint density at radius 1 is 1.60 bits per heavy atom. The van der Waals surface area contributed by atoms with Crippen LogP contribution in [0.1, 0.15) is 19.8 Å². The molecule has 0 spiro atoms. The Labute approximate surface area is 127 Å². The zero-order valence-electron chi connectivity index (χ0n) is 11.9. The molecule has 2 heterocycles. The lowest BCUT2D eigenvalue weighted by atomic mass is 9.99. The van der Waals surface area contributed by atoms with Gasteiger partial charge in [0, 0.05) is 25.7 Å². The van der Waals surface area contributed by atoms with Crippen molar-refractivity contribution in [3.63, 3.8) is 0 Å². The number of nitrogens with zero attached hydrogens (tertiary/aromatic N) is 3. The largest absolute Gasteiger partial charge is 0.383 e. The van der Waals surface area contributed by atoms with Crippen molar-refractivity contribution in [1.29, 1.82) is 0 Å². The van der Waals surface area contributed by atoms with Gasteiger partial charge in [0.05, 0.1) is 25.0 Å². The zero-order chi connectivity index (χ0) is 14.7. The second-order valence-electron chi connectivity index (χ2n) is 5.19. The summed E-state index contributed by atoms with van der Waals surface area (Å²) in [5, 5.41) is 4.23. The third kappa shape index (κ3) is 3.21. The molecule has 2 unspecified atom stereocenters. The van der Waals surface area contributed by atoms with Crippen LogP contribution in [0.15, 0.2) is 15.5 Å². The average molecular weight is 345 g/mol. The van der Waals surface area contributed by atoms with E-state index < -0.39 is 0 Å². The SMILES string of the molecule is COCCn1ncc(N2CCC(N)CC2C)c(Br)c1=O. The predicted molar refractivity (Wildman–Crippen MR) is 82.1 cm³/mol. The van der Waals surface area contributed by atoms with E-state index in [0.29, 0.717) is 23.7 Å². The van der Waals surface area contributed by atoms with Crippen LogP contribution in [-0.2, 0) is 11.3 Å². The highest BCUT2D eigenvalue weighted by atomic mass is 79.9. The van der Waals surface area contributed by atoms with Crippen molar-refractivity contribution < 1.29 is 4.74 Å². The van der Waals surface area contributed by atoms with Crippen LogP contribution in [0, 0.1) is 0 Å². The summed E-state index contributed by atoms with van der Waals surface area (Å²) in [5.74, 6) is 0. The van der Waals surface area contributed by atoms with Gasteiger partial charge in [-0.25, -0.2) is 4.68 Å². The molecule has 7 heteroatoms. The third-order valence-electron chi connectivity index (χ3n) is 3.70. The molecule has 6 nitrogen and oxygen atoms in total. The number of methoxy groups -OCH3 is 1. The molecular formula is C13H21BrN4O2. The van der Waals surface area contributed by atoms with Crippen LogP contribution in [-0.4, -0.2) is 42.1 Å². The molecule has 1 saturated heterocycles. The molecule has 1 aromatic rings. The standard InChI is InChI=1S/C13H21BrN4O2/c1-9-7-10(15)3-4-17(9)11-8-16-18(5-6-20-2)13(19)12(11)14/h8-10H,3-7,15H2,1-2H3. The van der Waals surface area contributed by atoms with Gasteiger partial charge >= 0.3 is 0 Å². The van der Waals surface area contributed by atoms with E-state index in [1.54, 1.807) is 13.3 Å².